The summed E-state index contributed by atoms with van der Waals surface area (Å²) in [6, 6.07) is 21.4. The fraction of sp³-hybridized carbons (Fsp3) is 0. The van der Waals surface area contributed by atoms with Crippen LogP contribution in [0.5, 0.6) is 0 Å². The van der Waals surface area contributed by atoms with Gasteiger partial charge in [0.25, 0.3) is 6.47 Å². The first-order valence-corrected chi connectivity index (χ1v) is 5.30. The van der Waals surface area contributed by atoms with Gasteiger partial charge in [0.1, 0.15) is 0 Å². The van der Waals surface area contributed by atoms with Crippen molar-refractivity contribution in [2.24, 2.45) is 0 Å². The number of rotatable bonds is 0. The molecule has 3 aromatic rings. The molecule has 0 atom stereocenters. The van der Waals surface area contributed by atoms with E-state index < -0.39 is 0 Å². The third-order valence-corrected chi connectivity index (χ3v) is 2.61. The molecule has 0 heterocycles. The van der Waals surface area contributed by atoms with E-state index in [4.69, 9.17) is 9.90 Å². The largest absolute Gasteiger partial charge is 2.00 e. The molecule has 0 amide bonds. The van der Waals surface area contributed by atoms with Crippen LogP contribution in [-0.2, 0) is 4.79 Å². The molecule has 0 aliphatic carbocycles. The summed E-state index contributed by atoms with van der Waals surface area (Å²) >= 11 is 0. The molecular weight excluding hydrogens is 252 g/mol. The molecule has 0 aliphatic heterocycles. The SMILES string of the molecule is O=CO.[Ca+2].[H-].[H-].c1ccc2cc3ccccc3cc2c1. The Hall–Kier alpha value is -1.09. The van der Waals surface area contributed by atoms with Crippen molar-refractivity contribution in [2.75, 3.05) is 0 Å². The maximum atomic E-state index is 8.36. The predicted octanol–water partition coefficient (Wildman–Crippen LogP) is 3.54. The Morgan fingerprint density at radius 1 is 0.778 bits per heavy atom. The smallest absolute Gasteiger partial charge is 1.00 e. The van der Waals surface area contributed by atoms with Gasteiger partial charge in [-0.05, 0) is 33.7 Å². The Balaban J connectivity index is 0. The number of carboxylic acid groups (broad SMARTS) is 1. The van der Waals surface area contributed by atoms with Gasteiger partial charge in [0.05, 0.1) is 0 Å². The molecule has 0 radical (unpaired) electrons. The molecule has 3 heteroatoms. The number of hydrogen-bond acceptors (Lipinski definition) is 1. The van der Waals surface area contributed by atoms with E-state index >= 15 is 0 Å². The van der Waals surface area contributed by atoms with Crippen LogP contribution in [0.4, 0.5) is 0 Å². The molecule has 3 aromatic carbocycles. The van der Waals surface area contributed by atoms with Gasteiger partial charge in [-0.1, -0.05) is 48.5 Å². The summed E-state index contributed by atoms with van der Waals surface area (Å²) < 4.78 is 0. The van der Waals surface area contributed by atoms with Crippen LogP contribution in [0.2, 0.25) is 0 Å². The molecule has 88 valence electrons. The number of hydrogen-bond donors (Lipinski definition) is 1. The Kier molecular flexibility index (Phi) is 6.13. The third kappa shape index (κ3) is 3.45. The fourth-order valence-corrected chi connectivity index (χ4v) is 1.88. The van der Waals surface area contributed by atoms with Crippen LogP contribution in [0, 0.1) is 0 Å². The second kappa shape index (κ2) is 7.37. The van der Waals surface area contributed by atoms with Gasteiger partial charge in [0, 0.05) is 0 Å². The van der Waals surface area contributed by atoms with Crippen LogP contribution in [0.15, 0.2) is 60.7 Å². The van der Waals surface area contributed by atoms with Crippen LogP contribution in [0.3, 0.4) is 0 Å². The van der Waals surface area contributed by atoms with Gasteiger partial charge in [-0.2, -0.15) is 0 Å². The van der Waals surface area contributed by atoms with Crippen molar-refractivity contribution in [3.8, 4) is 0 Å². The zero-order valence-corrected chi connectivity index (χ0v) is 12.1. The van der Waals surface area contributed by atoms with Crippen molar-refractivity contribution in [3.63, 3.8) is 0 Å². The van der Waals surface area contributed by atoms with Gasteiger partial charge in [0.2, 0.25) is 0 Å². The van der Waals surface area contributed by atoms with Crippen LogP contribution < -0.4 is 0 Å². The standard InChI is InChI=1S/C14H10.CH2O2.Ca.2H/c1-2-6-12-10-14-8-4-3-7-13(14)9-11(12)5-1;2-1-3;;;/h1-10H;1H,(H,2,3);;;/q;;+2;2*-1. The van der Waals surface area contributed by atoms with Crippen LogP contribution >= 0.6 is 0 Å². The molecule has 1 N–H and O–H groups in total. The minimum Gasteiger partial charge on any atom is -1.00 e. The van der Waals surface area contributed by atoms with Crippen LogP contribution in [-0.4, -0.2) is 49.3 Å². The monoisotopic (exact) mass is 266 g/mol. The number of benzene rings is 3. The summed E-state index contributed by atoms with van der Waals surface area (Å²) in [7, 11) is 0. The zero-order chi connectivity index (χ0) is 12.1. The number of carbonyl (C=O) groups is 1. The van der Waals surface area contributed by atoms with E-state index in [-0.39, 0.29) is 47.1 Å². The predicted molar refractivity (Wildman–Crippen MR) is 78.1 cm³/mol. The summed E-state index contributed by atoms with van der Waals surface area (Å²) in [4.78, 5) is 8.36. The maximum absolute atomic E-state index is 8.36. The molecule has 0 unspecified atom stereocenters. The summed E-state index contributed by atoms with van der Waals surface area (Å²) in [6.45, 7) is -0.250. The summed E-state index contributed by atoms with van der Waals surface area (Å²) in [5.74, 6) is 0. The molecule has 3 rings (SSSR count). The van der Waals surface area contributed by atoms with E-state index in [0.717, 1.165) is 0 Å². The molecule has 0 fully saturated rings. The zero-order valence-electron chi connectivity index (χ0n) is 11.9. The molecule has 0 bridgehead atoms. The first-order chi connectivity index (χ1) is 8.35. The van der Waals surface area contributed by atoms with Crippen molar-refractivity contribution in [2.45, 2.75) is 0 Å². The molecule has 2 nitrogen and oxygen atoms in total. The van der Waals surface area contributed by atoms with E-state index in [9.17, 15) is 0 Å². The van der Waals surface area contributed by atoms with Gasteiger partial charge in [0.15, 0.2) is 0 Å². The first kappa shape index (κ1) is 15.0. The average molecular weight is 266 g/mol. The maximum Gasteiger partial charge on any atom is 2.00 e. The Labute approximate surface area is 138 Å². The van der Waals surface area contributed by atoms with E-state index in [1.165, 1.54) is 21.5 Å². The van der Waals surface area contributed by atoms with Gasteiger partial charge in [-0.3, -0.25) is 4.79 Å². The van der Waals surface area contributed by atoms with E-state index in [0.29, 0.717) is 0 Å². The van der Waals surface area contributed by atoms with Gasteiger partial charge >= 0.3 is 37.7 Å². The summed E-state index contributed by atoms with van der Waals surface area (Å²) in [5.41, 5.74) is 0. The summed E-state index contributed by atoms with van der Waals surface area (Å²) in [5, 5.41) is 12.1. The quantitative estimate of drug-likeness (QED) is 0.384. The molecular formula is C15H14CaO2. The van der Waals surface area contributed by atoms with Crippen molar-refractivity contribution < 1.29 is 12.8 Å². The molecule has 0 spiro atoms. The minimum absolute atomic E-state index is 0. The van der Waals surface area contributed by atoms with Crippen LogP contribution in [0.1, 0.15) is 2.85 Å². The average Bonchev–Trinajstić information content (AvgIpc) is 2.37. The molecule has 0 aromatic heterocycles. The molecule has 0 aliphatic rings. The Bertz CT molecular complexity index is 554. The van der Waals surface area contributed by atoms with Crippen molar-refractivity contribution in [1.82, 2.24) is 0 Å². The molecule has 18 heavy (non-hydrogen) atoms. The Morgan fingerprint density at radius 3 is 1.22 bits per heavy atom. The first-order valence-electron chi connectivity index (χ1n) is 5.30. The van der Waals surface area contributed by atoms with Gasteiger partial charge < -0.3 is 7.96 Å². The van der Waals surface area contributed by atoms with Crippen molar-refractivity contribution in [1.29, 1.82) is 0 Å². The second-order valence-electron chi connectivity index (χ2n) is 3.65. The fourth-order valence-electron chi connectivity index (χ4n) is 1.88. The van der Waals surface area contributed by atoms with Crippen molar-refractivity contribution in [3.05, 3.63) is 60.7 Å². The van der Waals surface area contributed by atoms with Gasteiger partial charge in [-0.15, -0.1) is 0 Å². The third-order valence-electron chi connectivity index (χ3n) is 2.61. The molecule has 0 saturated carbocycles. The molecule has 0 saturated heterocycles. The van der Waals surface area contributed by atoms with E-state index in [2.05, 4.69) is 60.7 Å². The van der Waals surface area contributed by atoms with E-state index in [1.807, 2.05) is 0 Å². The summed E-state index contributed by atoms with van der Waals surface area (Å²) in [6.07, 6.45) is 0. The minimum atomic E-state index is -0.250. The topological polar surface area (TPSA) is 37.3 Å². The van der Waals surface area contributed by atoms with Crippen molar-refractivity contribution >= 4 is 65.8 Å². The Morgan fingerprint density at radius 2 is 1.00 bits per heavy atom. The van der Waals surface area contributed by atoms with Crippen LogP contribution in [0.25, 0.3) is 21.5 Å². The van der Waals surface area contributed by atoms with Gasteiger partial charge in [-0.25, -0.2) is 0 Å². The second-order valence-corrected chi connectivity index (χ2v) is 3.65. The number of fused-ring (bicyclic) bond motifs is 2. The normalized spacial score (nSPS) is 9.11. The van der Waals surface area contributed by atoms with E-state index in [1.54, 1.807) is 0 Å².